The molecule has 2 rings (SSSR count). The highest BCUT2D eigenvalue weighted by molar-refractivity contribution is 5.96. The van der Waals surface area contributed by atoms with Gasteiger partial charge in [-0.1, -0.05) is 13.8 Å². The molecular weight excluding hydrogens is 264 g/mol. The third kappa shape index (κ3) is 4.67. The second-order valence-electron chi connectivity index (χ2n) is 6.32. The minimum Gasteiger partial charge on any atom is -0.325 e. The Bertz CT molecular complexity index is 500. The summed E-state index contributed by atoms with van der Waals surface area (Å²) in [6, 6.07) is 7.03. The van der Waals surface area contributed by atoms with Crippen LogP contribution in [0.2, 0.25) is 0 Å². The van der Waals surface area contributed by atoms with Crippen LogP contribution in [0.15, 0.2) is 24.3 Å². The Morgan fingerprint density at radius 3 is 2.24 bits per heavy atom. The van der Waals surface area contributed by atoms with Crippen LogP contribution in [0.1, 0.15) is 37.6 Å². The Kier molecular flexibility index (Phi) is 5.12. The molecule has 1 aliphatic rings. The van der Waals surface area contributed by atoms with E-state index in [1.165, 1.54) is 13.3 Å². The first-order valence-electron chi connectivity index (χ1n) is 7.57. The highest BCUT2D eigenvalue weighted by Crippen LogP contribution is 2.20. The zero-order chi connectivity index (χ0) is 15.4. The van der Waals surface area contributed by atoms with Crippen LogP contribution >= 0.6 is 0 Å². The van der Waals surface area contributed by atoms with Gasteiger partial charge < -0.3 is 5.32 Å². The molecular formula is C17H24N2O2. The highest BCUT2D eigenvalue weighted by atomic mass is 16.2. The van der Waals surface area contributed by atoms with E-state index in [1.807, 2.05) is 0 Å². The molecule has 1 heterocycles. The Morgan fingerprint density at radius 2 is 1.71 bits per heavy atom. The van der Waals surface area contributed by atoms with Gasteiger partial charge in [-0.05, 0) is 49.4 Å². The summed E-state index contributed by atoms with van der Waals surface area (Å²) in [6.45, 7) is 8.42. The van der Waals surface area contributed by atoms with Crippen molar-refractivity contribution in [1.82, 2.24) is 4.90 Å². The van der Waals surface area contributed by atoms with E-state index in [1.54, 1.807) is 24.3 Å². The van der Waals surface area contributed by atoms with E-state index >= 15 is 0 Å². The number of hydrogen-bond donors (Lipinski definition) is 1. The molecule has 1 saturated heterocycles. The van der Waals surface area contributed by atoms with E-state index in [2.05, 4.69) is 24.1 Å². The van der Waals surface area contributed by atoms with Gasteiger partial charge in [-0.15, -0.1) is 0 Å². The smallest absolute Gasteiger partial charge is 0.238 e. The molecule has 0 aliphatic carbocycles. The van der Waals surface area contributed by atoms with E-state index in [-0.39, 0.29) is 11.7 Å². The molecule has 1 aliphatic heterocycles. The van der Waals surface area contributed by atoms with Crippen molar-refractivity contribution < 1.29 is 9.59 Å². The third-order valence-electron chi connectivity index (χ3n) is 3.89. The number of likely N-dealkylation sites (tertiary alicyclic amines) is 1. The number of carbonyl (C=O) groups is 2. The lowest BCUT2D eigenvalue weighted by molar-refractivity contribution is -0.117. The first-order valence-corrected chi connectivity index (χ1v) is 7.57. The summed E-state index contributed by atoms with van der Waals surface area (Å²) in [5.41, 5.74) is 1.40. The summed E-state index contributed by atoms with van der Waals surface area (Å²) in [4.78, 5) is 25.5. The van der Waals surface area contributed by atoms with Gasteiger partial charge in [0.2, 0.25) is 5.91 Å². The molecule has 1 N–H and O–H groups in total. The second kappa shape index (κ2) is 6.85. The average Bonchev–Trinajstić information content (AvgIpc) is 2.37. The minimum atomic E-state index is 0.00637. The topological polar surface area (TPSA) is 49.4 Å². The molecule has 114 valence electrons. The maximum atomic E-state index is 12.1. The van der Waals surface area contributed by atoms with Crippen molar-refractivity contribution >= 4 is 17.4 Å². The summed E-state index contributed by atoms with van der Waals surface area (Å²) in [6.07, 6.45) is 1.24. The van der Waals surface area contributed by atoms with E-state index in [0.717, 1.165) is 18.8 Å². The van der Waals surface area contributed by atoms with E-state index in [9.17, 15) is 9.59 Å². The van der Waals surface area contributed by atoms with Crippen molar-refractivity contribution in [3.8, 4) is 0 Å². The molecule has 4 heteroatoms. The van der Waals surface area contributed by atoms with Crippen molar-refractivity contribution in [3.63, 3.8) is 0 Å². The molecule has 4 nitrogen and oxygen atoms in total. The van der Waals surface area contributed by atoms with Crippen LogP contribution in [-0.4, -0.2) is 36.2 Å². The summed E-state index contributed by atoms with van der Waals surface area (Å²) < 4.78 is 0. The van der Waals surface area contributed by atoms with Gasteiger partial charge in [-0.2, -0.15) is 0 Å². The molecule has 1 aromatic carbocycles. The predicted octanol–water partition coefficient (Wildman–Crippen LogP) is 2.81. The van der Waals surface area contributed by atoms with Gasteiger partial charge in [0.15, 0.2) is 5.78 Å². The average molecular weight is 288 g/mol. The standard InChI is InChI=1S/C17H24N2O2/c1-12-8-13(2)10-19(9-12)11-17(21)18-16-6-4-15(5-7-16)14(3)20/h4-7,12-13H,8-11H2,1-3H3,(H,18,21)/t12-,13-/m1/s1. The lowest BCUT2D eigenvalue weighted by atomic mass is 9.92. The van der Waals surface area contributed by atoms with Gasteiger partial charge in [0.1, 0.15) is 0 Å². The SMILES string of the molecule is CC(=O)c1ccc(NC(=O)CN2C[C@H](C)C[C@@H](C)C2)cc1. The number of amides is 1. The molecule has 2 atom stereocenters. The minimum absolute atomic E-state index is 0.00637. The molecule has 1 fully saturated rings. The summed E-state index contributed by atoms with van der Waals surface area (Å²) in [5, 5.41) is 2.89. The number of carbonyl (C=O) groups excluding carboxylic acids is 2. The number of rotatable bonds is 4. The van der Waals surface area contributed by atoms with Crippen molar-refractivity contribution in [2.45, 2.75) is 27.2 Å². The molecule has 0 aromatic heterocycles. The van der Waals surface area contributed by atoms with Crippen LogP contribution in [0.4, 0.5) is 5.69 Å². The molecule has 0 bridgehead atoms. The van der Waals surface area contributed by atoms with Gasteiger partial charge in [0.05, 0.1) is 6.54 Å². The van der Waals surface area contributed by atoms with Gasteiger partial charge in [0.25, 0.3) is 0 Å². The van der Waals surface area contributed by atoms with Gasteiger partial charge in [-0.3, -0.25) is 14.5 Å². The maximum absolute atomic E-state index is 12.1. The predicted molar refractivity (Wildman–Crippen MR) is 84.5 cm³/mol. The zero-order valence-electron chi connectivity index (χ0n) is 13.1. The third-order valence-corrected chi connectivity index (χ3v) is 3.89. The Morgan fingerprint density at radius 1 is 1.14 bits per heavy atom. The fourth-order valence-corrected chi connectivity index (χ4v) is 3.11. The molecule has 0 spiro atoms. The zero-order valence-corrected chi connectivity index (χ0v) is 13.1. The fraction of sp³-hybridized carbons (Fsp3) is 0.529. The summed E-state index contributed by atoms with van der Waals surface area (Å²) in [5.74, 6) is 1.34. The van der Waals surface area contributed by atoms with Crippen molar-refractivity contribution in [2.24, 2.45) is 11.8 Å². The molecule has 0 unspecified atom stereocenters. The van der Waals surface area contributed by atoms with Gasteiger partial charge in [0, 0.05) is 24.3 Å². The maximum Gasteiger partial charge on any atom is 0.238 e. The monoisotopic (exact) mass is 288 g/mol. The van der Waals surface area contributed by atoms with Crippen LogP contribution in [0, 0.1) is 11.8 Å². The number of piperidine rings is 1. The molecule has 21 heavy (non-hydrogen) atoms. The number of ketones is 1. The van der Waals surface area contributed by atoms with Crippen molar-refractivity contribution in [1.29, 1.82) is 0 Å². The van der Waals surface area contributed by atoms with Crippen LogP contribution in [0.3, 0.4) is 0 Å². The Balaban J connectivity index is 1.88. The first kappa shape index (κ1) is 15.7. The number of nitrogens with zero attached hydrogens (tertiary/aromatic N) is 1. The normalized spacial score (nSPS) is 22.8. The van der Waals surface area contributed by atoms with E-state index in [4.69, 9.17) is 0 Å². The second-order valence-corrected chi connectivity index (χ2v) is 6.32. The Labute approximate surface area is 126 Å². The van der Waals surface area contributed by atoms with Crippen molar-refractivity contribution in [2.75, 3.05) is 25.0 Å². The molecule has 0 saturated carbocycles. The number of benzene rings is 1. The molecule has 1 aromatic rings. The molecule has 0 radical (unpaired) electrons. The number of Topliss-reactive ketones (excluding diaryl/α,β-unsaturated/α-hetero) is 1. The quantitative estimate of drug-likeness (QED) is 0.867. The lowest BCUT2D eigenvalue weighted by Gasteiger charge is -2.34. The number of hydrogen-bond acceptors (Lipinski definition) is 3. The van der Waals surface area contributed by atoms with E-state index < -0.39 is 0 Å². The number of nitrogens with one attached hydrogen (secondary N) is 1. The highest BCUT2D eigenvalue weighted by Gasteiger charge is 2.23. The number of anilines is 1. The summed E-state index contributed by atoms with van der Waals surface area (Å²) >= 11 is 0. The van der Waals surface area contributed by atoms with Gasteiger partial charge in [-0.25, -0.2) is 0 Å². The van der Waals surface area contributed by atoms with Gasteiger partial charge >= 0.3 is 0 Å². The van der Waals surface area contributed by atoms with Crippen molar-refractivity contribution in [3.05, 3.63) is 29.8 Å². The van der Waals surface area contributed by atoms with Crippen LogP contribution in [0.5, 0.6) is 0 Å². The molecule has 1 amide bonds. The van der Waals surface area contributed by atoms with Crippen LogP contribution in [-0.2, 0) is 4.79 Å². The summed E-state index contributed by atoms with van der Waals surface area (Å²) in [7, 11) is 0. The lowest BCUT2D eigenvalue weighted by Crippen LogP contribution is -2.42. The largest absolute Gasteiger partial charge is 0.325 e. The first-order chi connectivity index (χ1) is 9.94. The Hall–Kier alpha value is -1.68. The fourth-order valence-electron chi connectivity index (χ4n) is 3.11. The van der Waals surface area contributed by atoms with E-state index in [0.29, 0.717) is 23.9 Å². The van der Waals surface area contributed by atoms with Crippen LogP contribution in [0.25, 0.3) is 0 Å². The van der Waals surface area contributed by atoms with Crippen LogP contribution < -0.4 is 5.32 Å².